The zero-order chi connectivity index (χ0) is 14.7. The summed E-state index contributed by atoms with van der Waals surface area (Å²) in [5, 5.41) is 10.6. The lowest BCUT2D eigenvalue weighted by atomic mass is 10.2. The molecule has 0 atom stereocenters. The van der Waals surface area contributed by atoms with Gasteiger partial charge >= 0.3 is 5.97 Å². The molecular weight excluding hydrogens is 274 g/mol. The van der Waals surface area contributed by atoms with Crippen molar-refractivity contribution >= 4 is 23.4 Å². The molecule has 4 nitrogen and oxygen atoms in total. The molecule has 1 N–H and O–H groups in total. The van der Waals surface area contributed by atoms with E-state index in [1.165, 1.54) is 6.08 Å². The van der Waals surface area contributed by atoms with Crippen molar-refractivity contribution in [1.29, 1.82) is 0 Å². The molecule has 0 spiro atoms. The lowest BCUT2D eigenvalue weighted by Crippen LogP contribution is -2.25. The van der Waals surface area contributed by atoms with Crippen LogP contribution in [-0.4, -0.2) is 15.6 Å². The van der Waals surface area contributed by atoms with E-state index in [1.54, 1.807) is 22.0 Å². The second kappa shape index (κ2) is 5.88. The highest BCUT2D eigenvalue weighted by molar-refractivity contribution is 7.13. The van der Waals surface area contributed by atoms with Crippen molar-refractivity contribution in [2.75, 3.05) is 0 Å². The number of carbonyl (C=O) groups is 1. The molecular formula is C15H15NO3S. The fourth-order valence-electron chi connectivity index (χ4n) is 1.99. The van der Waals surface area contributed by atoms with Gasteiger partial charge in [-0.3, -0.25) is 4.79 Å². The summed E-state index contributed by atoms with van der Waals surface area (Å²) in [6.07, 6.45) is 2.31. The number of aliphatic carboxylic acids is 1. The van der Waals surface area contributed by atoms with Crippen LogP contribution in [0.3, 0.4) is 0 Å². The van der Waals surface area contributed by atoms with Crippen molar-refractivity contribution in [3.63, 3.8) is 0 Å². The van der Waals surface area contributed by atoms with E-state index >= 15 is 0 Å². The summed E-state index contributed by atoms with van der Waals surface area (Å²) in [6.45, 7) is 3.87. The van der Waals surface area contributed by atoms with Crippen LogP contribution < -0.4 is 5.56 Å². The number of carboxylic acid groups (broad SMARTS) is 1. The Bertz CT molecular complexity index is 696. The van der Waals surface area contributed by atoms with Crippen LogP contribution in [0.15, 0.2) is 40.5 Å². The van der Waals surface area contributed by atoms with Crippen LogP contribution in [0.4, 0.5) is 0 Å². The van der Waals surface area contributed by atoms with Crippen molar-refractivity contribution in [2.24, 2.45) is 0 Å². The van der Waals surface area contributed by atoms with Crippen molar-refractivity contribution in [3.8, 4) is 10.6 Å². The number of nitrogens with zero attached hydrogens (tertiary/aromatic N) is 1. The average molecular weight is 289 g/mol. The quantitative estimate of drug-likeness (QED) is 0.879. The lowest BCUT2D eigenvalue weighted by molar-refractivity contribution is -0.131. The molecule has 20 heavy (non-hydrogen) atoms. The number of thiophene rings is 1. The van der Waals surface area contributed by atoms with E-state index in [2.05, 4.69) is 0 Å². The zero-order valence-electron chi connectivity index (χ0n) is 11.2. The van der Waals surface area contributed by atoms with Gasteiger partial charge in [0.2, 0.25) is 0 Å². The van der Waals surface area contributed by atoms with Crippen LogP contribution in [0, 0.1) is 0 Å². The Labute approximate surface area is 120 Å². The SMILES string of the molecule is CC(C)n1c(-c2cccs2)ccc(/C=C/C(=O)O)c1=O. The van der Waals surface area contributed by atoms with Crippen LogP contribution in [0.5, 0.6) is 0 Å². The van der Waals surface area contributed by atoms with Gasteiger partial charge in [-0.2, -0.15) is 0 Å². The van der Waals surface area contributed by atoms with E-state index < -0.39 is 5.97 Å². The van der Waals surface area contributed by atoms with E-state index in [0.717, 1.165) is 16.6 Å². The van der Waals surface area contributed by atoms with Crippen LogP contribution in [0.25, 0.3) is 16.6 Å². The van der Waals surface area contributed by atoms with Gasteiger partial charge < -0.3 is 9.67 Å². The number of hydrogen-bond donors (Lipinski definition) is 1. The predicted octanol–water partition coefficient (Wildman–Crippen LogP) is 3.26. The molecule has 0 saturated heterocycles. The molecule has 2 heterocycles. The summed E-state index contributed by atoms with van der Waals surface area (Å²) in [5.74, 6) is -1.07. The average Bonchev–Trinajstić information content (AvgIpc) is 2.89. The first-order valence-corrected chi connectivity index (χ1v) is 7.09. The van der Waals surface area contributed by atoms with Crippen molar-refractivity contribution in [1.82, 2.24) is 4.57 Å². The van der Waals surface area contributed by atoms with Gasteiger partial charge in [0, 0.05) is 17.7 Å². The molecule has 0 bridgehead atoms. The third kappa shape index (κ3) is 2.88. The maximum atomic E-state index is 12.5. The second-order valence-corrected chi connectivity index (χ2v) is 5.54. The van der Waals surface area contributed by atoms with E-state index in [9.17, 15) is 9.59 Å². The summed E-state index contributed by atoms with van der Waals surface area (Å²) in [5.41, 5.74) is 1.05. The van der Waals surface area contributed by atoms with E-state index in [0.29, 0.717) is 5.56 Å². The van der Waals surface area contributed by atoms with E-state index in [4.69, 9.17) is 5.11 Å². The van der Waals surface area contributed by atoms with Gasteiger partial charge in [0.25, 0.3) is 5.56 Å². The first kappa shape index (κ1) is 14.3. The number of pyridine rings is 1. The number of hydrogen-bond acceptors (Lipinski definition) is 3. The van der Waals surface area contributed by atoms with Crippen molar-refractivity contribution < 1.29 is 9.90 Å². The normalized spacial score (nSPS) is 11.3. The molecule has 0 radical (unpaired) electrons. The van der Waals surface area contributed by atoms with Gasteiger partial charge in [0.1, 0.15) is 0 Å². The second-order valence-electron chi connectivity index (χ2n) is 4.59. The predicted molar refractivity (Wildman–Crippen MR) is 81.1 cm³/mol. The fourth-order valence-corrected chi connectivity index (χ4v) is 2.74. The molecule has 0 fully saturated rings. The molecule has 0 saturated carbocycles. The Hall–Kier alpha value is -2.14. The Kier molecular flexibility index (Phi) is 4.20. The van der Waals surface area contributed by atoms with Crippen LogP contribution in [0.1, 0.15) is 25.5 Å². The van der Waals surface area contributed by atoms with Gasteiger partial charge in [-0.15, -0.1) is 11.3 Å². The first-order chi connectivity index (χ1) is 9.50. The van der Waals surface area contributed by atoms with Gasteiger partial charge in [0.15, 0.2) is 0 Å². The smallest absolute Gasteiger partial charge is 0.328 e. The monoisotopic (exact) mass is 289 g/mol. The standard InChI is InChI=1S/C15H15NO3S/c1-10(2)16-12(13-4-3-9-20-13)7-5-11(15(16)19)6-8-14(17)18/h3-10H,1-2H3,(H,17,18)/b8-6+. The molecule has 2 aromatic heterocycles. The van der Waals surface area contributed by atoms with E-state index in [1.807, 2.05) is 37.4 Å². The van der Waals surface area contributed by atoms with Crippen molar-refractivity contribution in [2.45, 2.75) is 19.9 Å². The summed E-state index contributed by atoms with van der Waals surface area (Å²) in [6, 6.07) is 7.42. The summed E-state index contributed by atoms with van der Waals surface area (Å²) in [7, 11) is 0. The Morgan fingerprint density at radius 2 is 2.10 bits per heavy atom. The summed E-state index contributed by atoms with van der Waals surface area (Å²) in [4.78, 5) is 24.0. The maximum Gasteiger partial charge on any atom is 0.328 e. The van der Waals surface area contributed by atoms with Gasteiger partial charge in [-0.25, -0.2) is 4.79 Å². The van der Waals surface area contributed by atoms with Gasteiger partial charge in [-0.05, 0) is 43.5 Å². The molecule has 0 aliphatic carbocycles. The molecule has 0 aliphatic rings. The molecule has 2 aromatic rings. The van der Waals surface area contributed by atoms with E-state index in [-0.39, 0.29) is 11.6 Å². The Morgan fingerprint density at radius 1 is 1.35 bits per heavy atom. The molecule has 0 unspecified atom stereocenters. The minimum atomic E-state index is -1.07. The highest BCUT2D eigenvalue weighted by Gasteiger charge is 2.12. The highest BCUT2D eigenvalue weighted by Crippen LogP contribution is 2.25. The third-order valence-electron chi connectivity index (χ3n) is 2.84. The number of rotatable bonds is 4. The third-order valence-corrected chi connectivity index (χ3v) is 3.73. The maximum absolute atomic E-state index is 12.5. The van der Waals surface area contributed by atoms with Crippen molar-refractivity contribution in [3.05, 3.63) is 51.6 Å². The molecule has 5 heteroatoms. The number of aromatic nitrogens is 1. The van der Waals surface area contributed by atoms with Gasteiger partial charge in [-0.1, -0.05) is 6.07 Å². The Morgan fingerprint density at radius 3 is 2.65 bits per heavy atom. The minimum absolute atomic E-state index is 0.00206. The molecule has 0 aromatic carbocycles. The van der Waals surface area contributed by atoms with Gasteiger partial charge in [0.05, 0.1) is 10.6 Å². The van der Waals surface area contributed by atoms with Crippen LogP contribution in [-0.2, 0) is 4.79 Å². The highest BCUT2D eigenvalue weighted by atomic mass is 32.1. The molecule has 0 amide bonds. The molecule has 104 valence electrons. The largest absolute Gasteiger partial charge is 0.478 e. The molecule has 0 aliphatic heterocycles. The topological polar surface area (TPSA) is 59.3 Å². The summed E-state index contributed by atoms with van der Waals surface area (Å²) >= 11 is 1.57. The fraction of sp³-hybridized carbons (Fsp3) is 0.200. The first-order valence-electron chi connectivity index (χ1n) is 6.21. The molecule has 2 rings (SSSR count). The van der Waals surface area contributed by atoms with Crippen LogP contribution in [0.2, 0.25) is 0 Å². The number of carboxylic acids is 1. The minimum Gasteiger partial charge on any atom is -0.478 e. The zero-order valence-corrected chi connectivity index (χ0v) is 12.1. The lowest BCUT2D eigenvalue weighted by Gasteiger charge is -2.16. The summed E-state index contributed by atoms with van der Waals surface area (Å²) < 4.78 is 1.69. The Balaban J connectivity index is 2.61. The van der Waals surface area contributed by atoms with Crippen LogP contribution >= 0.6 is 11.3 Å².